The molecule has 28 heavy (non-hydrogen) atoms. The first-order valence-corrected chi connectivity index (χ1v) is 8.35. The summed E-state index contributed by atoms with van der Waals surface area (Å²) in [6.45, 7) is 1.62. The van der Waals surface area contributed by atoms with E-state index in [-0.39, 0.29) is 22.6 Å². The second-order valence-corrected chi connectivity index (χ2v) is 6.06. The van der Waals surface area contributed by atoms with Gasteiger partial charge in [0, 0.05) is 11.4 Å². The zero-order chi connectivity index (χ0) is 20.4. The van der Waals surface area contributed by atoms with E-state index in [4.69, 9.17) is 9.47 Å². The zero-order valence-electron chi connectivity index (χ0n) is 15.5. The van der Waals surface area contributed by atoms with Gasteiger partial charge in [0.05, 0.1) is 25.4 Å². The van der Waals surface area contributed by atoms with E-state index >= 15 is 0 Å². The number of allylic oxidation sites excluding steroid dienone is 1. The maximum atomic E-state index is 13.3. The molecule has 0 saturated heterocycles. The maximum Gasteiger partial charge on any atom is 0.340 e. The van der Waals surface area contributed by atoms with Crippen LogP contribution in [0.15, 0.2) is 59.3 Å². The molecule has 0 unspecified atom stereocenters. The van der Waals surface area contributed by atoms with Crippen molar-refractivity contribution in [3.63, 3.8) is 0 Å². The molecule has 3 rings (SSSR count). The number of methoxy groups -OCH3 is 2. The number of benzene rings is 2. The second kappa shape index (κ2) is 7.56. The van der Waals surface area contributed by atoms with Crippen LogP contribution in [0.2, 0.25) is 0 Å². The van der Waals surface area contributed by atoms with Crippen molar-refractivity contribution < 1.29 is 28.6 Å². The van der Waals surface area contributed by atoms with Crippen LogP contribution in [-0.2, 0) is 14.3 Å². The molecule has 2 aromatic rings. The van der Waals surface area contributed by atoms with E-state index in [1.54, 1.807) is 19.1 Å². The normalized spacial score (nSPS) is 15.4. The van der Waals surface area contributed by atoms with E-state index in [9.17, 15) is 19.1 Å². The number of carbonyl (C=O) groups excluding carboxylic acids is 2. The summed E-state index contributed by atoms with van der Waals surface area (Å²) < 4.78 is 23.2. The van der Waals surface area contributed by atoms with Gasteiger partial charge in [-0.3, -0.25) is 9.69 Å². The highest BCUT2D eigenvalue weighted by molar-refractivity contribution is 6.23. The average molecular weight is 383 g/mol. The number of amides is 1. The molecule has 0 aromatic heterocycles. The molecule has 6 nitrogen and oxygen atoms in total. The number of carbonyl (C=O) groups is 2. The van der Waals surface area contributed by atoms with E-state index in [2.05, 4.69) is 0 Å². The molecule has 144 valence electrons. The first-order chi connectivity index (χ1) is 13.4. The minimum Gasteiger partial charge on any atom is -0.504 e. The SMILES string of the molecule is COC(=O)C1=C(C)N(c2ccc(F)cc2)C(=O)/C1=C\c1ccc(O)c(OC)c1. The molecule has 7 heteroatoms. The quantitative estimate of drug-likeness (QED) is 0.647. The van der Waals surface area contributed by atoms with Crippen LogP contribution in [0.5, 0.6) is 11.5 Å². The smallest absolute Gasteiger partial charge is 0.340 e. The third-order valence-corrected chi connectivity index (χ3v) is 4.39. The molecule has 2 aromatic carbocycles. The molecule has 1 N–H and O–H groups in total. The van der Waals surface area contributed by atoms with Gasteiger partial charge < -0.3 is 14.6 Å². The summed E-state index contributed by atoms with van der Waals surface area (Å²) in [6.07, 6.45) is 1.52. The number of anilines is 1. The molecule has 0 aliphatic carbocycles. The molecule has 0 bridgehead atoms. The van der Waals surface area contributed by atoms with Crippen molar-refractivity contribution in [3.05, 3.63) is 70.7 Å². The Labute approximate surface area is 161 Å². The van der Waals surface area contributed by atoms with E-state index < -0.39 is 17.7 Å². The standard InChI is InChI=1S/C21H18FNO5/c1-12-19(21(26)28-3)16(10-13-4-9-17(24)18(11-13)27-2)20(25)23(12)15-7-5-14(22)6-8-15/h4-11,24H,1-3H3/b16-10-. The Kier molecular flexibility index (Phi) is 5.17. The second-order valence-electron chi connectivity index (χ2n) is 6.06. The predicted octanol–water partition coefficient (Wildman–Crippen LogP) is 3.42. The van der Waals surface area contributed by atoms with Crippen molar-refractivity contribution in [3.8, 4) is 11.5 Å². The van der Waals surface area contributed by atoms with Crippen LogP contribution in [0.4, 0.5) is 10.1 Å². The Morgan fingerprint density at radius 1 is 1.14 bits per heavy atom. The summed E-state index contributed by atoms with van der Waals surface area (Å²) in [7, 11) is 2.64. The highest BCUT2D eigenvalue weighted by atomic mass is 19.1. The van der Waals surface area contributed by atoms with Gasteiger partial charge in [0.15, 0.2) is 11.5 Å². The van der Waals surface area contributed by atoms with Gasteiger partial charge in [-0.15, -0.1) is 0 Å². The lowest BCUT2D eigenvalue weighted by atomic mass is 10.0. The minimum atomic E-state index is -0.660. The summed E-state index contributed by atoms with van der Waals surface area (Å²) in [4.78, 5) is 26.8. The monoisotopic (exact) mass is 383 g/mol. The van der Waals surface area contributed by atoms with Gasteiger partial charge in [-0.2, -0.15) is 0 Å². The molecule has 1 aliphatic rings. The van der Waals surface area contributed by atoms with Crippen LogP contribution >= 0.6 is 0 Å². The van der Waals surface area contributed by atoms with E-state index in [1.165, 1.54) is 55.5 Å². The van der Waals surface area contributed by atoms with Crippen molar-refractivity contribution in [1.82, 2.24) is 0 Å². The minimum absolute atomic E-state index is 0.0461. The zero-order valence-corrected chi connectivity index (χ0v) is 15.5. The highest BCUT2D eigenvalue weighted by Crippen LogP contribution is 2.36. The number of halogens is 1. The molecular formula is C21H18FNO5. The van der Waals surface area contributed by atoms with Crippen molar-refractivity contribution in [2.45, 2.75) is 6.92 Å². The maximum absolute atomic E-state index is 13.3. The molecule has 1 aliphatic heterocycles. The number of esters is 1. The summed E-state index contributed by atoms with van der Waals surface area (Å²) in [5.41, 5.74) is 1.59. The number of rotatable bonds is 4. The van der Waals surface area contributed by atoms with Crippen LogP contribution in [0.1, 0.15) is 12.5 Å². The van der Waals surface area contributed by atoms with Gasteiger partial charge in [0.1, 0.15) is 5.82 Å². The van der Waals surface area contributed by atoms with E-state index in [0.717, 1.165) is 0 Å². The predicted molar refractivity (Wildman–Crippen MR) is 101 cm³/mol. The Hall–Kier alpha value is -3.61. The van der Waals surface area contributed by atoms with E-state index in [1.807, 2.05) is 0 Å². The molecule has 0 spiro atoms. The first kappa shape index (κ1) is 19.2. The molecule has 1 heterocycles. The van der Waals surface area contributed by atoms with Crippen LogP contribution in [0.3, 0.4) is 0 Å². The summed E-state index contributed by atoms with van der Waals surface area (Å²) in [6, 6.07) is 9.94. The largest absolute Gasteiger partial charge is 0.504 e. The summed E-state index contributed by atoms with van der Waals surface area (Å²) >= 11 is 0. The van der Waals surface area contributed by atoms with Crippen LogP contribution in [0, 0.1) is 5.82 Å². The lowest BCUT2D eigenvalue weighted by Crippen LogP contribution is -2.24. The van der Waals surface area contributed by atoms with E-state index in [0.29, 0.717) is 16.9 Å². The summed E-state index contributed by atoms with van der Waals surface area (Å²) in [5, 5.41) is 9.75. The number of hydrogen-bond donors (Lipinski definition) is 1. The fraction of sp³-hybridized carbons (Fsp3) is 0.143. The molecular weight excluding hydrogens is 365 g/mol. The van der Waals surface area contributed by atoms with Crippen LogP contribution in [0.25, 0.3) is 6.08 Å². The average Bonchev–Trinajstić information content (AvgIpc) is 2.93. The summed E-state index contributed by atoms with van der Waals surface area (Å²) in [5.74, 6) is -1.35. The van der Waals surface area contributed by atoms with Gasteiger partial charge in [0.2, 0.25) is 0 Å². The number of aromatic hydroxyl groups is 1. The van der Waals surface area contributed by atoms with Gasteiger partial charge >= 0.3 is 5.97 Å². The molecule has 0 radical (unpaired) electrons. The Morgan fingerprint density at radius 2 is 1.82 bits per heavy atom. The van der Waals surface area contributed by atoms with Crippen molar-refractivity contribution in [2.24, 2.45) is 0 Å². The van der Waals surface area contributed by atoms with Crippen molar-refractivity contribution >= 4 is 23.6 Å². The highest BCUT2D eigenvalue weighted by Gasteiger charge is 2.37. The molecule has 1 amide bonds. The topological polar surface area (TPSA) is 76.1 Å². The van der Waals surface area contributed by atoms with Crippen LogP contribution in [-0.4, -0.2) is 31.2 Å². The number of nitrogens with zero attached hydrogens (tertiary/aromatic N) is 1. The van der Waals surface area contributed by atoms with Crippen LogP contribution < -0.4 is 9.64 Å². The lowest BCUT2D eigenvalue weighted by molar-refractivity contribution is -0.136. The Bertz CT molecular complexity index is 1010. The van der Waals surface area contributed by atoms with Crippen molar-refractivity contribution in [2.75, 3.05) is 19.1 Å². The number of phenols is 1. The van der Waals surface area contributed by atoms with Gasteiger partial charge in [-0.1, -0.05) is 6.07 Å². The Morgan fingerprint density at radius 3 is 2.43 bits per heavy atom. The third-order valence-electron chi connectivity index (χ3n) is 4.39. The number of hydrogen-bond acceptors (Lipinski definition) is 5. The van der Waals surface area contributed by atoms with Gasteiger partial charge in [-0.25, -0.2) is 9.18 Å². The number of ether oxygens (including phenoxy) is 2. The Balaban J connectivity index is 2.13. The molecule has 0 fully saturated rings. The molecule has 0 atom stereocenters. The third kappa shape index (κ3) is 3.34. The fourth-order valence-corrected chi connectivity index (χ4v) is 3.03. The lowest BCUT2D eigenvalue weighted by Gasteiger charge is -2.17. The fourth-order valence-electron chi connectivity index (χ4n) is 3.03. The first-order valence-electron chi connectivity index (χ1n) is 8.35. The number of phenolic OH excluding ortho intramolecular Hbond substituents is 1. The van der Waals surface area contributed by atoms with Gasteiger partial charge in [-0.05, 0) is 55.0 Å². The van der Waals surface area contributed by atoms with Crippen molar-refractivity contribution in [1.29, 1.82) is 0 Å². The van der Waals surface area contributed by atoms with Gasteiger partial charge in [0.25, 0.3) is 5.91 Å². The molecule has 0 saturated carbocycles.